The van der Waals surface area contributed by atoms with Gasteiger partial charge >= 0.3 is 0 Å². The van der Waals surface area contributed by atoms with Gasteiger partial charge in [0.05, 0.1) is 7.11 Å². The van der Waals surface area contributed by atoms with E-state index in [2.05, 4.69) is 5.10 Å². The molecule has 0 aliphatic carbocycles. The Kier molecular flexibility index (Phi) is 2.85. The predicted octanol–water partition coefficient (Wildman–Crippen LogP) is 1.75. The van der Waals surface area contributed by atoms with E-state index in [0.717, 1.165) is 0 Å². The summed E-state index contributed by atoms with van der Waals surface area (Å²) in [5, 5.41) is 12.7. The highest BCUT2D eigenvalue weighted by atomic mass is 35.5. The van der Waals surface area contributed by atoms with Crippen LogP contribution >= 0.6 is 11.6 Å². The second kappa shape index (κ2) is 4.18. The van der Waals surface area contributed by atoms with Crippen molar-refractivity contribution in [3.8, 4) is 22.8 Å². The maximum Gasteiger partial charge on any atom is 0.276 e. The van der Waals surface area contributed by atoms with E-state index in [1.54, 1.807) is 18.2 Å². The fourth-order valence-corrected chi connectivity index (χ4v) is 1.82. The van der Waals surface area contributed by atoms with Gasteiger partial charge < -0.3 is 9.84 Å². The van der Waals surface area contributed by atoms with Crippen LogP contribution in [0.4, 0.5) is 0 Å². The molecular formula is C11H11ClN2O3. The number of benzene rings is 1. The molecule has 0 aliphatic rings. The van der Waals surface area contributed by atoms with Crippen LogP contribution in [0.1, 0.15) is 0 Å². The second-order valence-corrected chi connectivity index (χ2v) is 3.98. The van der Waals surface area contributed by atoms with E-state index in [4.69, 9.17) is 16.3 Å². The topological polar surface area (TPSA) is 67.2 Å². The van der Waals surface area contributed by atoms with E-state index in [0.29, 0.717) is 16.3 Å². The Morgan fingerprint density at radius 2 is 2.18 bits per heavy atom. The van der Waals surface area contributed by atoms with Crippen LogP contribution in [0.5, 0.6) is 11.6 Å². The number of rotatable bonds is 2. The molecule has 0 radical (unpaired) electrons. The monoisotopic (exact) mass is 254 g/mol. The summed E-state index contributed by atoms with van der Waals surface area (Å²) in [5.74, 6) is 0.317. The minimum Gasteiger partial charge on any atom is -0.496 e. The van der Waals surface area contributed by atoms with Crippen molar-refractivity contribution in [2.45, 2.75) is 0 Å². The summed E-state index contributed by atoms with van der Waals surface area (Å²) < 4.78 is 6.38. The number of methoxy groups -OCH3 is 1. The molecule has 0 fully saturated rings. The summed E-state index contributed by atoms with van der Waals surface area (Å²) in [6, 6.07) is 4.87. The Balaban J connectivity index is 2.75. The number of aromatic hydroxyl groups is 1. The van der Waals surface area contributed by atoms with Gasteiger partial charge in [-0.25, -0.2) is 0 Å². The van der Waals surface area contributed by atoms with E-state index in [1.807, 2.05) is 0 Å². The Labute approximate surface area is 102 Å². The maximum absolute atomic E-state index is 11.7. The van der Waals surface area contributed by atoms with Crippen LogP contribution in [0, 0.1) is 0 Å². The number of nitrogens with zero attached hydrogens (tertiary/aromatic N) is 1. The van der Waals surface area contributed by atoms with Gasteiger partial charge in [0.1, 0.15) is 11.3 Å². The van der Waals surface area contributed by atoms with Crippen LogP contribution in [0.25, 0.3) is 11.1 Å². The first kappa shape index (κ1) is 11.6. The molecule has 0 unspecified atom stereocenters. The highest BCUT2D eigenvalue weighted by Crippen LogP contribution is 2.34. The molecule has 0 saturated heterocycles. The van der Waals surface area contributed by atoms with Gasteiger partial charge in [0.2, 0.25) is 5.88 Å². The second-order valence-electron chi connectivity index (χ2n) is 3.54. The van der Waals surface area contributed by atoms with Crippen molar-refractivity contribution in [2.75, 3.05) is 7.11 Å². The van der Waals surface area contributed by atoms with Gasteiger partial charge in [0.25, 0.3) is 5.56 Å². The lowest BCUT2D eigenvalue weighted by molar-refractivity contribution is 0.412. The average Bonchev–Trinajstić information content (AvgIpc) is 2.53. The van der Waals surface area contributed by atoms with Crippen molar-refractivity contribution in [1.82, 2.24) is 9.78 Å². The lowest BCUT2D eigenvalue weighted by Crippen LogP contribution is -2.04. The number of hydrogen-bond acceptors (Lipinski definition) is 3. The van der Waals surface area contributed by atoms with Crippen molar-refractivity contribution < 1.29 is 9.84 Å². The van der Waals surface area contributed by atoms with E-state index < -0.39 is 5.56 Å². The zero-order valence-corrected chi connectivity index (χ0v) is 10.1. The lowest BCUT2D eigenvalue weighted by Gasteiger charge is -2.07. The molecule has 0 bridgehead atoms. The molecule has 2 rings (SSSR count). The van der Waals surface area contributed by atoms with Gasteiger partial charge in [-0.1, -0.05) is 11.6 Å². The third-order valence-electron chi connectivity index (χ3n) is 2.47. The van der Waals surface area contributed by atoms with Crippen LogP contribution in [-0.4, -0.2) is 22.0 Å². The molecular weight excluding hydrogens is 244 g/mol. The smallest absolute Gasteiger partial charge is 0.276 e. The summed E-state index contributed by atoms with van der Waals surface area (Å²) >= 11 is 5.88. The minimum atomic E-state index is -0.398. The normalized spacial score (nSPS) is 10.5. The van der Waals surface area contributed by atoms with E-state index in [1.165, 1.54) is 18.8 Å². The molecule has 5 nitrogen and oxygen atoms in total. The summed E-state index contributed by atoms with van der Waals surface area (Å²) in [7, 11) is 3.03. The number of nitrogens with one attached hydrogen (secondary N) is 1. The fourth-order valence-electron chi connectivity index (χ4n) is 1.65. The van der Waals surface area contributed by atoms with E-state index in [-0.39, 0.29) is 11.4 Å². The molecule has 0 spiro atoms. The molecule has 0 atom stereocenters. The van der Waals surface area contributed by atoms with Crippen LogP contribution < -0.4 is 10.3 Å². The summed E-state index contributed by atoms with van der Waals surface area (Å²) in [6.45, 7) is 0. The van der Waals surface area contributed by atoms with Crippen LogP contribution in [0.2, 0.25) is 5.02 Å². The molecule has 0 aliphatic heterocycles. The number of aryl methyl sites for hydroxylation is 1. The zero-order valence-electron chi connectivity index (χ0n) is 9.32. The molecule has 1 heterocycles. The third kappa shape index (κ3) is 1.89. The summed E-state index contributed by atoms with van der Waals surface area (Å²) in [4.78, 5) is 11.7. The SMILES string of the molecule is COc1ccc(Cl)cc1-c1c(O)n(C)[nH]c1=O. The molecule has 0 amide bonds. The fraction of sp³-hybridized carbons (Fsp3) is 0.182. The standard InChI is InChI=1S/C11H11ClN2O3/c1-14-11(16)9(10(15)13-14)7-5-6(12)3-4-8(7)17-2/h3-5,16H,1-2H3,(H,13,15). The van der Waals surface area contributed by atoms with Gasteiger partial charge in [-0.2, -0.15) is 0 Å². The Bertz CT molecular complexity index is 616. The van der Waals surface area contributed by atoms with Crippen LogP contribution in [0.15, 0.2) is 23.0 Å². The van der Waals surface area contributed by atoms with Gasteiger partial charge in [0.15, 0.2) is 0 Å². The number of ether oxygens (including phenoxy) is 1. The van der Waals surface area contributed by atoms with Crippen molar-refractivity contribution in [2.24, 2.45) is 7.05 Å². The summed E-state index contributed by atoms with van der Waals surface area (Å²) in [5.41, 5.74) is 0.205. The van der Waals surface area contributed by atoms with Crippen molar-refractivity contribution in [3.05, 3.63) is 33.6 Å². The first-order chi connectivity index (χ1) is 8.04. The number of hydrogen-bond donors (Lipinski definition) is 2. The average molecular weight is 255 g/mol. The molecule has 2 aromatic rings. The quantitative estimate of drug-likeness (QED) is 0.858. The maximum atomic E-state index is 11.7. The molecule has 2 N–H and O–H groups in total. The first-order valence-electron chi connectivity index (χ1n) is 4.86. The number of aromatic nitrogens is 2. The molecule has 1 aromatic carbocycles. The highest BCUT2D eigenvalue weighted by molar-refractivity contribution is 6.31. The van der Waals surface area contributed by atoms with Crippen molar-refractivity contribution in [3.63, 3.8) is 0 Å². The first-order valence-corrected chi connectivity index (χ1v) is 5.24. The van der Waals surface area contributed by atoms with Crippen LogP contribution in [0.3, 0.4) is 0 Å². The molecule has 17 heavy (non-hydrogen) atoms. The Hall–Kier alpha value is -1.88. The van der Waals surface area contributed by atoms with Crippen molar-refractivity contribution in [1.29, 1.82) is 0 Å². The molecule has 0 saturated carbocycles. The van der Waals surface area contributed by atoms with Crippen molar-refractivity contribution >= 4 is 11.6 Å². The predicted molar refractivity (Wildman–Crippen MR) is 64.7 cm³/mol. The van der Waals surface area contributed by atoms with Gasteiger partial charge in [0, 0.05) is 17.6 Å². The summed E-state index contributed by atoms with van der Waals surface area (Å²) in [6.07, 6.45) is 0. The highest BCUT2D eigenvalue weighted by Gasteiger charge is 2.18. The number of H-pyrrole nitrogens is 1. The molecule has 90 valence electrons. The Morgan fingerprint density at radius 1 is 1.47 bits per heavy atom. The van der Waals surface area contributed by atoms with Gasteiger partial charge in [-0.15, -0.1) is 0 Å². The van der Waals surface area contributed by atoms with Gasteiger partial charge in [-0.3, -0.25) is 14.6 Å². The number of halogens is 1. The molecule has 1 aromatic heterocycles. The Morgan fingerprint density at radius 3 is 2.71 bits per heavy atom. The van der Waals surface area contributed by atoms with Crippen LogP contribution in [-0.2, 0) is 7.05 Å². The lowest BCUT2D eigenvalue weighted by atomic mass is 10.1. The third-order valence-corrected chi connectivity index (χ3v) is 2.70. The number of aromatic amines is 1. The minimum absolute atomic E-state index is 0.145. The largest absolute Gasteiger partial charge is 0.496 e. The van der Waals surface area contributed by atoms with E-state index in [9.17, 15) is 9.90 Å². The molecule has 6 heteroatoms. The van der Waals surface area contributed by atoms with E-state index >= 15 is 0 Å². The van der Waals surface area contributed by atoms with Gasteiger partial charge in [-0.05, 0) is 18.2 Å². The zero-order chi connectivity index (χ0) is 12.6.